The molecule has 0 bridgehead atoms. The van der Waals surface area contributed by atoms with Crippen LogP contribution in [0.1, 0.15) is 30.8 Å². The third-order valence-electron chi connectivity index (χ3n) is 3.45. The molecule has 1 heterocycles. The lowest BCUT2D eigenvalue weighted by molar-refractivity contribution is 0.588. The Morgan fingerprint density at radius 1 is 1.05 bits per heavy atom. The Labute approximate surface area is 131 Å². The Bertz CT molecular complexity index is 583. The van der Waals surface area contributed by atoms with E-state index >= 15 is 0 Å². The molecule has 0 atom stereocenters. The molecule has 0 spiro atoms. The number of halogens is 1. The van der Waals surface area contributed by atoms with Gasteiger partial charge >= 0.3 is 0 Å². The first-order valence-corrected chi connectivity index (χ1v) is 7.68. The van der Waals surface area contributed by atoms with Crippen molar-refractivity contribution in [3.05, 3.63) is 46.2 Å². The fourth-order valence-corrected chi connectivity index (χ4v) is 2.44. The highest BCUT2D eigenvalue weighted by Crippen LogP contribution is 2.21. The summed E-state index contributed by atoms with van der Waals surface area (Å²) in [6.45, 7) is 9.36. The minimum atomic E-state index is 0.500. The molecular weight excluding hydrogens is 282 g/mol. The summed E-state index contributed by atoms with van der Waals surface area (Å²) in [6.07, 6.45) is 0.955. The molecule has 3 nitrogen and oxygen atoms in total. The standard InChI is InChI=1S/C17H22ClN3/c1-11(2)19-10-9-16-12(3)20-17(21-13(16)4)14-5-7-15(18)8-6-14/h5-8,11,19H,9-10H2,1-4H3. The number of nitrogens with one attached hydrogen (secondary N) is 1. The molecule has 0 unspecified atom stereocenters. The van der Waals surface area contributed by atoms with Gasteiger partial charge in [0.1, 0.15) is 0 Å². The van der Waals surface area contributed by atoms with E-state index in [-0.39, 0.29) is 0 Å². The van der Waals surface area contributed by atoms with Crippen molar-refractivity contribution in [2.45, 2.75) is 40.2 Å². The first-order valence-electron chi connectivity index (χ1n) is 7.31. The van der Waals surface area contributed by atoms with Crippen LogP contribution in [0, 0.1) is 13.8 Å². The first kappa shape index (κ1) is 15.9. The molecule has 4 heteroatoms. The van der Waals surface area contributed by atoms with Crippen molar-refractivity contribution in [3.63, 3.8) is 0 Å². The highest BCUT2D eigenvalue weighted by atomic mass is 35.5. The van der Waals surface area contributed by atoms with Gasteiger partial charge in [0, 0.05) is 28.0 Å². The summed E-state index contributed by atoms with van der Waals surface area (Å²) in [6, 6.07) is 8.14. The van der Waals surface area contributed by atoms with Crippen molar-refractivity contribution in [3.8, 4) is 11.4 Å². The normalized spacial score (nSPS) is 11.1. The zero-order chi connectivity index (χ0) is 15.4. The van der Waals surface area contributed by atoms with E-state index in [2.05, 4.69) is 43.0 Å². The Kier molecular flexibility index (Phi) is 5.32. The second-order valence-electron chi connectivity index (χ2n) is 5.56. The Hall–Kier alpha value is -1.45. The third-order valence-corrected chi connectivity index (χ3v) is 3.70. The van der Waals surface area contributed by atoms with Gasteiger partial charge in [-0.05, 0) is 56.6 Å². The maximum atomic E-state index is 5.92. The van der Waals surface area contributed by atoms with Crippen molar-refractivity contribution in [2.24, 2.45) is 0 Å². The van der Waals surface area contributed by atoms with Gasteiger partial charge in [0.2, 0.25) is 0 Å². The topological polar surface area (TPSA) is 37.8 Å². The molecule has 0 aliphatic rings. The summed E-state index contributed by atoms with van der Waals surface area (Å²) in [4.78, 5) is 9.30. The zero-order valence-electron chi connectivity index (χ0n) is 13.1. The molecule has 1 N–H and O–H groups in total. The van der Waals surface area contributed by atoms with Crippen LogP contribution >= 0.6 is 11.6 Å². The van der Waals surface area contributed by atoms with E-state index in [4.69, 9.17) is 11.6 Å². The van der Waals surface area contributed by atoms with Crippen LogP contribution < -0.4 is 5.32 Å². The van der Waals surface area contributed by atoms with E-state index in [1.165, 1.54) is 5.56 Å². The molecule has 112 valence electrons. The SMILES string of the molecule is Cc1nc(-c2ccc(Cl)cc2)nc(C)c1CCNC(C)C. The molecule has 21 heavy (non-hydrogen) atoms. The van der Waals surface area contributed by atoms with Crippen LogP contribution in [0.25, 0.3) is 11.4 Å². The Morgan fingerprint density at radius 3 is 2.14 bits per heavy atom. The second-order valence-corrected chi connectivity index (χ2v) is 6.00. The predicted molar refractivity (Wildman–Crippen MR) is 88.8 cm³/mol. The van der Waals surface area contributed by atoms with Crippen LogP contribution in [0.5, 0.6) is 0 Å². The zero-order valence-corrected chi connectivity index (χ0v) is 13.8. The van der Waals surface area contributed by atoms with E-state index < -0.39 is 0 Å². The van der Waals surface area contributed by atoms with E-state index in [0.717, 1.165) is 40.8 Å². The lowest BCUT2D eigenvalue weighted by Crippen LogP contribution is -2.25. The molecule has 1 aromatic carbocycles. The first-order chi connectivity index (χ1) is 9.97. The summed E-state index contributed by atoms with van der Waals surface area (Å²) in [5.74, 6) is 0.766. The highest BCUT2D eigenvalue weighted by molar-refractivity contribution is 6.30. The van der Waals surface area contributed by atoms with E-state index in [0.29, 0.717) is 6.04 Å². The van der Waals surface area contributed by atoms with Crippen molar-refractivity contribution in [1.82, 2.24) is 15.3 Å². The van der Waals surface area contributed by atoms with Crippen LogP contribution in [-0.2, 0) is 6.42 Å². The molecule has 0 radical (unpaired) electrons. The van der Waals surface area contributed by atoms with Gasteiger partial charge in [0.25, 0.3) is 0 Å². The minimum absolute atomic E-state index is 0.500. The van der Waals surface area contributed by atoms with Gasteiger partial charge in [0.05, 0.1) is 0 Å². The molecule has 0 saturated carbocycles. The quantitative estimate of drug-likeness (QED) is 0.908. The second kappa shape index (κ2) is 7.01. The lowest BCUT2D eigenvalue weighted by Gasteiger charge is -2.13. The van der Waals surface area contributed by atoms with Crippen LogP contribution in [0.15, 0.2) is 24.3 Å². The molecule has 0 aliphatic carbocycles. The molecule has 1 aromatic heterocycles. The summed E-state index contributed by atoms with van der Waals surface area (Å²) >= 11 is 5.92. The third kappa shape index (κ3) is 4.26. The number of aryl methyl sites for hydroxylation is 2. The van der Waals surface area contributed by atoms with Gasteiger partial charge < -0.3 is 5.32 Å². The van der Waals surface area contributed by atoms with Crippen LogP contribution in [-0.4, -0.2) is 22.6 Å². The van der Waals surface area contributed by atoms with Gasteiger partial charge in [-0.3, -0.25) is 0 Å². The average Bonchev–Trinajstić information content (AvgIpc) is 2.42. The summed E-state index contributed by atoms with van der Waals surface area (Å²) in [7, 11) is 0. The van der Waals surface area contributed by atoms with Crippen molar-refractivity contribution < 1.29 is 0 Å². The highest BCUT2D eigenvalue weighted by Gasteiger charge is 2.10. The molecule has 0 aliphatic heterocycles. The molecule has 0 saturated heterocycles. The number of nitrogens with zero attached hydrogens (tertiary/aromatic N) is 2. The van der Waals surface area contributed by atoms with Gasteiger partial charge in [-0.2, -0.15) is 0 Å². The van der Waals surface area contributed by atoms with Gasteiger partial charge in [-0.25, -0.2) is 9.97 Å². The lowest BCUT2D eigenvalue weighted by atomic mass is 10.1. The monoisotopic (exact) mass is 303 g/mol. The average molecular weight is 304 g/mol. The maximum absolute atomic E-state index is 5.92. The predicted octanol–water partition coefficient (Wildman–Crippen LogP) is 3.95. The number of rotatable bonds is 5. The number of hydrogen-bond acceptors (Lipinski definition) is 3. The van der Waals surface area contributed by atoms with Crippen LogP contribution in [0.3, 0.4) is 0 Å². The fraction of sp³-hybridized carbons (Fsp3) is 0.412. The summed E-state index contributed by atoms with van der Waals surface area (Å²) < 4.78 is 0. The largest absolute Gasteiger partial charge is 0.314 e. The van der Waals surface area contributed by atoms with Crippen LogP contribution in [0.4, 0.5) is 0 Å². The van der Waals surface area contributed by atoms with Crippen molar-refractivity contribution >= 4 is 11.6 Å². The molecule has 0 amide bonds. The van der Waals surface area contributed by atoms with E-state index in [9.17, 15) is 0 Å². The Balaban J connectivity index is 2.22. The summed E-state index contributed by atoms with van der Waals surface area (Å²) in [5.41, 5.74) is 4.34. The maximum Gasteiger partial charge on any atom is 0.159 e. The fourth-order valence-electron chi connectivity index (χ4n) is 2.32. The smallest absolute Gasteiger partial charge is 0.159 e. The Morgan fingerprint density at radius 2 is 1.62 bits per heavy atom. The molecule has 2 rings (SSSR count). The number of hydrogen-bond donors (Lipinski definition) is 1. The molecular formula is C17H22ClN3. The van der Waals surface area contributed by atoms with Gasteiger partial charge in [-0.15, -0.1) is 0 Å². The van der Waals surface area contributed by atoms with Crippen molar-refractivity contribution in [2.75, 3.05) is 6.54 Å². The van der Waals surface area contributed by atoms with Crippen molar-refractivity contribution in [1.29, 1.82) is 0 Å². The van der Waals surface area contributed by atoms with E-state index in [1.54, 1.807) is 0 Å². The van der Waals surface area contributed by atoms with Gasteiger partial charge in [0.15, 0.2) is 5.82 Å². The number of benzene rings is 1. The summed E-state index contributed by atoms with van der Waals surface area (Å²) in [5, 5.41) is 4.16. The minimum Gasteiger partial charge on any atom is -0.314 e. The van der Waals surface area contributed by atoms with Crippen LogP contribution in [0.2, 0.25) is 5.02 Å². The molecule has 0 fully saturated rings. The number of aromatic nitrogens is 2. The molecule has 2 aromatic rings. The van der Waals surface area contributed by atoms with E-state index in [1.807, 2.05) is 24.3 Å². The van der Waals surface area contributed by atoms with Gasteiger partial charge in [-0.1, -0.05) is 25.4 Å².